The molecule has 2 aromatic carbocycles. The molecule has 4 nitrogen and oxygen atoms in total. The largest absolute Gasteiger partial charge is 0.350 e. The topological polar surface area (TPSA) is 49.4 Å². The second kappa shape index (κ2) is 9.24. The summed E-state index contributed by atoms with van der Waals surface area (Å²) >= 11 is 6.23. The number of hydrogen-bond donors (Lipinski definition) is 1. The Hall–Kier alpha value is -2.33. The lowest BCUT2D eigenvalue weighted by Gasteiger charge is -2.31. The van der Waals surface area contributed by atoms with Crippen LogP contribution in [0.2, 0.25) is 5.02 Å². The first-order valence-electron chi connectivity index (χ1n) is 9.47. The summed E-state index contributed by atoms with van der Waals surface area (Å²) < 4.78 is 0. The van der Waals surface area contributed by atoms with Crippen LogP contribution in [-0.4, -0.2) is 28.3 Å². The lowest BCUT2D eigenvalue weighted by Crippen LogP contribution is -2.52. The second-order valence-corrected chi connectivity index (χ2v) is 8.60. The van der Waals surface area contributed by atoms with Crippen molar-refractivity contribution in [2.75, 3.05) is 0 Å². The Bertz CT molecular complexity index is 842. The van der Waals surface area contributed by atoms with Crippen LogP contribution in [0.25, 0.3) is 0 Å². The zero-order valence-electron chi connectivity index (χ0n) is 17.3. The van der Waals surface area contributed by atoms with E-state index in [1.807, 2.05) is 70.2 Å². The highest BCUT2D eigenvalue weighted by Crippen LogP contribution is 2.19. The molecule has 0 saturated heterocycles. The molecule has 1 atom stereocenters. The molecule has 0 fully saturated rings. The molecule has 150 valence electrons. The van der Waals surface area contributed by atoms with Crippen LogP contribution in [0.5, 0.6) is 0 Å². The molecule has 0 aliphatic rings. The molecule has 0 aliphatic heterocycles. The van der Waals surface area contributed by atoms with Crippen molar-refractivity contribution < 1.29 is 9.59 Å². The Balaban J connectivity index is 2.27. The van der Waals surface area contributed by atoms with Gasteiger partial charge in [0, 0.05) is 17.1 Å². The minimum Gasteiger partial charge on any atom is -0.350 e. The number of carbonyl (C=O) groups excluding carboxylic acids is 2. The zero-order valence-corrected chi connectivity index (χ0v) is 18.0. The van der Waals surface area contributed by atoms with Crippen molar-refractivity contribution >= 4 is 23.4 Å². The summed E-state index contributed by atoms with van der Waals surface area (Å²) in [5.41, 5.74) is 2.49. The Labute approximate surface area is 172 Å². The van der Waals surface area contributed by atoms with Crippen LogP contribution in [0.3, 0.4) is 0 Å². The van der Waals surface area contributed by atoms with Crippen LogP contribution in [0.15, 0.2) is 48.5 Å². The summed E-state index contributed by atoms with van der Waals surface area (Å²) in [5, 5.41) is 3.52. The Morgan fingerprint density at radius 3 is 2.39 bits per heavy atom. The molecule has 2 amide bonds. The SMILES string of the molecule is Cc1cccc(CN(C(=O)Cc2ccccc2Cl)[C@H](C)C(=O)NC(C)(C)C)c1. The molecule has 0 aliphatic carbocycles. The average Bonchev–Trinajstić information content (AvgIpc) is 2.59. The van der Waals surface area contributed by atoms with Crippen LogP contribution >= 0.6 is 11.6 Å². The van der Waals surface area contributed by atoms with Gasteiger partial charge in [-0.3, -0.25) is 9.59 Å². The van der Waals surface area contributed by atoms with Gasteiger partial charge in [-0.1, -0.05) is 59.6 Å². The fourth-order valence-electron chi connectivity index (χ4n) is 2.97. The highest BCUT2D eigenvalue weighted by atomic mass is 35.5. The van der Waals surface area contributed by atoms with Gasteiger partial charge in [-0.25, -0.2) is 0 Å². The van der Waals surface area contributed by atoms with Gasteiger partial charge < -0.3 is 10.2 Å². The van der Waals surface area contributed by atoms with Crippen molar-refractivity contribution in [1.82, 2.24) is 10.2 Å². The molecule has 0 heterocycles. The Kier molecular flexibility index (Phi) is 7.25. The smallest absolute Gasteiger partial charge is 0.242 e. The quantitative estimate of drug-likeness (QED) is 0.774. The van der Waals surface area contributed by atoms with E-state index in [9.17, 15) is 9.59 Å². The molecule has 2 rings (SSSR count). The fraction of sp³-hybridized carbons (Fsp3) is 0.391. The standard InChI is InChI=1S/C23H29ClN2O2/c1-16-9-8-10-18(13-16)15-26(17(2)22(28)25-23(3,4)5)21(27)14-19-11-6-7-12-20(19)24/h6-13,17H,14-15H2,1-5H3,(H,25,28)/t17-/m1/s1. The molecular formula is C23H29ClN2O2. The van der Waals surface area contributed by atoms with Gasteiger partial charge in [0.2, 0.25) is 11.8 Å². The minimum atomic E-state index is -0.602. The van der Waals surface area contributed by atoms with E-state index in [-0.39, 0.29) is 23.8 Å². The number of carbonyl (C=O) groups is 2. The van der Waals surface area contributed by atoms with Gasteiger partial charge in [0.25, 0.3) is 0 Å². The van der Waals surface area contributed by atoms with Crippen LogP contribution in [-0.2, 0) is 22.6 Å². The Morgan fingerprint density at radius 2 is 1.79 bits per heavy atom. The number of nitrogens with zero attached hydrogens (tertiary/aromatic N) is 1. The van der Waals surface area contributed by atoms with E-state index in [0.29, 0.717) is 11.6 Å². The van der Waals surface area contributed by atoms with E-state index in [0.717, 1.165) is 16.7 Å². The molecule has 0 bridgehead atoms. The summed E-state index contributed by atoms with van der Waals surface area (Å²) in [4.78, 5) is 27.5. The third-order valence-electron chi connectivity index (χ3n) is 4.40. The van der Waals surface area contributed by atoms with Gasteiger partial charge in [-0.2, -0.15) is 0 Å². The minimum absolute atomic E-state index is 0.133. The van der Waals surface area contributed by atoms with E-state index in [1.165, 1.54) is 0 Å². The number of rotatable bonds is 6. The third kappa shape index (κ3) is 6.38. The van der Waals surface area contributed by atoms with Crippen molar-refractivity contribution in [2.24, 2.45) is 0 Å². The van der Waals surface area contributed by atoms with Crippen LogP contribution < -0.4 is 5.32 Å². The lowest BCUT2D eigenvalue weighted by molar-refractivity contribution is -0.140. The van der Waals surface area contributed by atoms with Gasteiger partial charge in [-0.05, 0) is 51.8 Å². The monoisotopic (exact) mass is 400 g/mol. The zero-order chi connectivity index (χ0) is 20.9. The van der Waals surface area contributed by atoms with Crippen molar-refractivity contribution in [3.8, 4) is 0 Å². The number of halogens is 1. The summed E-state index contributed by atoms with van der Waals surface area (Å²) in [7, 11) is 0. The summed E-state index contributed by atoms with van der Waals surface area (Å²) in [6.45, 7) is 9.91. The van der Waals surface area contributed by atoms with E-state index < -0.39 is 6.04 Å². The number of aryl methyl sites for hydroxylation is 1. The highest BCUT2D eigenvalue weighted by molar-refractivity contribution is 6.31. The molecule has 1 N–H and O–H groups in total. The van der Waals surface area contributed by atoms with Gasteiger partial charge >= 0.3 is 0 Å². The van der Waals surface area contributed by atoms with Crippen molar-refractivity contribution in [3.05, 3.63) is 70.2 Å². The summed E-state index contributed by atoms with van der Waals surface area (Å²) in [5.74, 6) is -0.307. The Morgan fingerprint density at radius 1 is 1.11 bits per heavy atom. The number of hydrogen-bond acceptors (Lipinski definition) is 2. The average molecular weight is 401 g/mol. The molecule has 0 aromatic heterocycles. The van der Waals surface area contributed by atoms with Crippen LogP contribution in [0.1, 0.15) is 44.4 Å². The van der Waals surface area contributed by atoms with Crippen molar-refractivity contribution in [2.45, 2.75) is 59.2 Å². The van der Waals surface area contributed by atoms with Gasteiger partial charge in [0.05, 0.1) is 6.42 Å². The maximum Gasteiger partial charge on any atom is 0.242 e. The normalized spacial score (nSPS) is 12.4. The van der Waals surface area contributed by atoms with Crippen molar-refractivity contribution in [3.63, 3.8) is 0 Å². The van der Waals surface area contributed by atoms with Gasteiger partial charge in [0.15, 0.2) is 0 Å². The first-order valence-corrected chi connectivity index (χ1v) is 9.85. The van der Waals surface area contributed by atoms with E-state index in [4.69, 9.17) is 11.6 Å². The first-order chi connectivity index (χ1) is 13.1. The predicted octanol–water partition coefficient (Wildman–Crippen LogP) is 4.52. The number of nitrogens with one attached hydrogen (secondary N) is 1. The molecule has 2 aromatic rings. The van der Waals surface area contributed by atoms with Crippen LogP contribution in [0, 0.1) is 6.92 Å². The van der Waals surface area contributed by atoms with E-state index in [1.54, 1.807) is 17.9 Å². The van der Waals surface area contributed by atoms with Gasteiger partial charge in [0.1, 0.15) is 6.04 Å². The maximum atomic E-state index is 13.2. The molecule has 5 heteroatoms. The fourth-order valence-corrected chi connectivity index (χ4v) is 3.17. The van der Waals surface area contributed by atoms with E-state index in [2.05, 4.69) is 5.32 Å². The molecule has 0 spiro atoms. The summed E-state index contributed by atoms with van der Waals surface area (Å²) in [6.07, 6.45) is 0.151. The molecule has 0 unspecified atom stereocenters. The molecule has 0 saturated carbocycles. The lowest BCUT2D eigenvalue weighted by atomic mass is 10.1. The third-order valence-corrected chi connectivity index (χ3v) is 4.77. The van der Waals surface area contributed by atoms with Crippen LogP contribution in [0.4, 0.5) is 0 Å². The molecular weight excluding hydrogens is 372 g/mol. The highest BCUT2D eigenvalue weighted by Gasteiger charge is 2.28. The molecule has 28 heavy (non-hydrogen) atoms. The van der Waals surface area contributed by atoms with Crippen molar-refractivity contribution in [1.29, 1.82) is 0 Å². The molecule has 0 radical (unpaired) electrons. The maximum absolute atomic E-state index is 13.2. The number of amides is 2. The summed E-state index contributed by atoms with van der Waals surface area (Å²) in [6, 6.07) is 14.7. The number of benzene rings is 2. The van der Waals surface area contributed by atoms with Gasteiger partial charge in [-0.15, -0.1) is 0 Å². The van der Waals surface area contributed by atoms with E-state index >= 15 is 0 Å². The second-order valence-electron chi connectivity index (χ2n) is 8.19. The predicted molar refractivity (Wildman–Crippen MR) is 114 cm³/mol. The first kappa shape index (κ1) is 22.0.